The minimum absolute atomic E-state index is 0.0114. The summed E-state index contributed by atoms with van der Waals surface area (Å²) in [6.07, 6.45) is -7.52. The first-order valence-electron chi connectivity index (χ1n) is 9.83. The molecule has 0 unspecified atom stereocenters. The zero-order valence-electron chi connectivity index (χ0n) is 19.8. The number of methoxy groups -OCH3 is 1. The van der Waals surface area contributed by atoms with Gasteiger partial charge in [0.1, 0.15) is 0 Å². The fraction of sp³-hybridized carbons (Fsp3) is 0.385. The second-order valence-electron chi connectivity index (χ2n) is 3.45. The van der Waals surface area contributed by atoms with Crippen molar-refractivity contribution >= 4 is 22.0 Å². The van der Waals surface area contributed by atoms with E-state index in [1.165, 1.54) is 10.0 Å². The molecule has 0 aromatic heterocycles. The molecule has 0 atom stereocenters. The number of carbonyl (C=O) groups is 2. The molecule has 0 saturated carbocycles. The van der Waals surface area contributed by atoms with Gasteiger partial charge in [-0.25, -0.2) is 22.7 Å². The fourth-order valence-electron chi connectivity index (χ4n) is 1.21. The van der Waals surface area contributed by atoms with Crippen molar-refractivity contribution in [1.82, 2.24) is 10.0 Å². The zero-order valence-corrected chi connectivity index (χ0v) is 11.6. The topological polar surface area (TPSA) is 102 Å². The number of ether oxygens (including phenoxy) is 1. The Bertz CT molecular complexity index is 914. The highest BCUT2D eigenvalue weighted by molar-refractivity contribution is 7.90. The first-order valence-corrected chi connectivity index (χ1v) is 6.82. The van der Waals surface area contributed by atoms with Crippen LogP contribution >= 0.6 is 0 Å². The van der Waals surface area contributed by atoms with E-state index in [0.29, 0.717) is 0 Å². The molecule has 1 aromatic carbocycles. The summed E-state index contributed by atoms with van der Waals surface area (Å²) in [5.74, 6) is -0.747. The molecule has 2 N–H and O–H groups in total. The SMILES string of the molecule is [2H]C([2H])([2H])C([2H])([2H])C([2H])([2H])C([2H])([2H])NC(=O)NS(=O)(=O)c1ccc(C(=O)OC)cc1. The maximum atomic E-state index is 12.2. The fourth-order valence-corrected chi connectivity index (χ4v) is 2.12. The lowest BCUT2D eigenvalue weighted by atomic mass is 10.2. The van der Waals surface area contributed by atoms with E-state index in [4.69, 9.17) is 12.3 Å². The van der Waals surface area contributed by atoms with Crippen molar-refractivity contribution in [3.63, 3.8) is 0 Å². The average molecular weight is 323 g/mol. The molecular formula is C13H18N2O5S. The third-order valence-electron chi connectivity index (χ3n) is 2.11. The maximum Gasteiger partial charge on any atom is 0.337 e. The van der Waals surface area contributed by atoms with Gasteiger partial charge in [-0.05, 0) is 30.6 Å². The second kappa shape index (κ2) is 7.63. The summed E-state index contributed by atoms with van der Waals surface area (Å²) in [4.78, 5) is 22.8. The van der Waals surface area contributed by atoms with Gasteiger partial charge >= 0.3 is 12.0 Å². The standard InChI is InChI=1S/C13H18N2O5S/c1-3-4-9-14-13(17)15-21(18,19)11-7-5-10(6-8-11)12(16)20-2/h5-8H,3-4,9H2,1-2H3,(H2,14,15,17)/i1D3,3D2,4D2,9D2. The van der Waals surface area contributed by atoms with Crippen LogP contribution in [0.3, 0.4) is 0 Å². The molecule has 21 heavy (non-hydrogen) atoms. The highest BCUT2D eigenvalue weighted by Gasteiger charge is 2.17. The molecule has 0 bridgehead atoms. The van der Waals surface area contributed by atoms with Crippen LogP contribution in [0.25, 0.3) is 0 Å². The maximum absolute atomic E-state index is 12.2. The van der Waals surface area contributed by atoms with Crippen LogP contribution in [0.1, 0.15) is 42.3 Å². The monoisotopic (exact) mass is 323 g/mol. The molecule has 7 nitrogen and oxygen atoms in total. The molecule has 0 aliphatic carbocycles. The Hall–Kier alpha value is -2.09. The number of hydrogen-bond donors (Lipinski definition) is 2. The highest BCUT2D eigenvalue weighted by atomic mass is 32.2. The normalized spacial score (nSPS) is 19.8. The molecule has 8 heteroatoms. The first kappa shape index (κ1) is 7.79. The van der Waals surface area contributed by atoms with Crippen molar-refractivity contribution in [2.24, 2.45) is 0 Å². The number of rotatable bonds is 6. The quantitative estimate of drug-likeness (QED) is 0.767. The van der Waals surface area contributed by atoms with Gasteiger partial charge in [0.2, 0.25) is 0 Å². The largest absolute Gasteiger partial charge is 0.465 e. The van der Waals surface area contributed by atoms with Crippen LogP contribution in [0.2, 0.25) is 0 Å². The van der Waals surface area contributed by atoms with Gasteiger partial charge in [-0.15, -0.1) is 0 Å². The Morgan fingerprint density at radius 1 is 1.33 bits per heavy atom. The van der Waals surface area contributed by atoms with Gasteiger partial charge < -0.3 is 10.1 Å². The summed E-state index contributed by atoms with van der Waals surface area (Å²) in [6.45, 7) is -7.21. The minimum Gasteiger partial charge on any atom is -0.465 e. The van der Waals surface area contributed by atoms with Crippen LogP contribution in [0.15, 0.2) is 29.2 Å². The van der Waals surface area contributed by atoms with Gasteiger partial charge in [0.25, 0.3) is 10.0 Å². The minimum atomic E-state index is -4.60. The predicted octanol–water partition coefficient (Wildman–Crippen LogP) is 1.26. The Morgan fingerprint density at radius 3 is 2.57 bits per heavy atom. The lowest BCUT2D eigenvalue weighted by Gasteiger charge is -2.08. The van der Waals surface area contributed by atoms with Gasteiger partial charge in [-0.2, -0.15) is 0 Å². The number of benzene rings is 1. The molecule has 0 aliphatic rings. The summed E-state index contributed by atoms with van der Waals surface area (Å²) in [6, 6.07) is 2.29. The zero-order chi connectivity index (χ0) is 23.8. The summed E-state index contributed by atoms with van der Waals surface area (Å²) >= 11 is 0. The van der Waals surface area contributed by atoms with Gasteiger partial charge in [-0.1, -0.05) is 13.2 Å². The molecule has 0 saturated heterocycles. The van der Waals surface area contributed by atoms with Crippen molar-refractivity contribution < 1.29 is 35.1 Å². The molecule has 116 valence electrons. The van der Waals surface area contributed by atoms with Crippen LogP contribution in [0.5, 0.6) is 0 Å². The molecule has 0 fully saturated rings. The number of nitrogens with one attached hydrogen (secondary N) is 2. The van der Waals surface area contributed by atoms with E-state index in [1.807, 2.05) is 0 Å². The number of amides is 2. The second-order valence-corrected chi connectivity index (χ2v) is 5.13. The average Bonchev–Trinajstić information content (AvgIpc) is 2.58. The lowest BCUT2D eigenvalue weighted by Crippen LogP contribution is -2.39. The number of carbonyl (C=O) groups excluding carboxylic acids is 2. The van der Waals surface area contributed by atoms with Crippen molar-refractivity contribution in [3.05, 3.63) is 29.8 Å². The van der Waals surface area contributed by atoms with Crippen LogP contribution in [0.4, 0.5) is 4.79 Å². The van der Waals surface area contributed by atoms with Crippen molar-refractivity contribution in [3.8, 4) is 0 Å². The Morgan fingerprint density at radius 2 is 2.00 bits per heavy atom. The summed E-state index contributed by atoms with van der Waals surface area (Å²) in [5.41, 5.74) is 0.0114. The summed E-state index contributed by atoms with van der Waals surface area (Å²) in [5, 5.41) is 1.30. The number of hydrogen-bond acceptors (Lipinski definition) is 5. The third kappa shape index (κ3) is 5.07. The van der Waals surface area contributed by atoms with Gasteiger partial charge in [-0.3, -0.25) is 0 Å². The molecule has 0 spiro atoms. The van der Waals surface area contributed by atoms with Gasteiger partial charge in [0.05, 0.1) is 17.6 Å². The molecule has 1 aromatic rings. The number of sulfonamides is 1. The molecule has 2 amide bonds. The molecule has 0 aliphatic heterocycles. The van der Waals surface area contributed by atoms with E-state index in [2.05, 4.69) is 4.74 Å². The van der Waals surface area contributed by atoms with Crippen LogP contribution in [-0.4, -0.2) is 34.0 Å². The van der Waals surface area contributed by atoms with Crippen LogP contribution < -0.4 is 10.0 Å². The van der Waals surface area contributed by atoms with Crippen molar-refractivity contribution in [1.29, 1.82) is 0 Å². The van der Waals surface area contributed by atoms with Gasteiger partial charge in [0, 0.05) is 18.8 Å². The predicted molar refractivity (Wildman–Crippen MR) is 76.4 cm³/mol. The van der Waals surface area contributed by atoms with E-state index >= 15 is 0 Å². The van der Waals surface area contributed by atoms with E-state index in [-0.39, 0.29) is 5.56 Å². The Labute approximate surface area is 136 Å². The van der Waals surface area contributed by atoms with Crippen molar-refractivity contribution in [2.75, 3.05) is 13.6 Å². The summed E-state index contributed by atoms with van der Waals surface area (Å²) in [7, 11) is -3.49. The van der Waals surface area contributed by atoms with Crippen LogP contribution in [-0.2, 0) is 14.8 Å². The Balaban J connectivity index is 3.05. The van der Waals surface area contributed by atoms with E-state index in [0.717, 1.165) is 31.4 Å². The molecule has 0 radical (unpaired) electrons. The number of esters is 1. The van der Waals surface area contributed by atoms with Crippen molar-refractivity contribution in [2.45, 2.75) is 24.5 Å². The highest BCUT2D eigenvalue weighted by Crippen LogP contribution is 2.11. The van der Waals surface area contributed by atoms with E-state index < -0.39 is 53.0 Å². The third-order valence-corrected chi connectivity index (χ3v) is 3.46. The smallest absolute Gasteiger partial charge is 0.337 e. The van der Waals surface area contributed by atoms with E-state index in [1.54, 1.807) is 0 Å². The summed E-state index contributed by atoms with van der Waals surface area (Å²) < 4.78 is 96.7. The molecular weight excluding hydrogens is 296 g/mol. The van der Waals surface area contributed by atoms with Crippen LogP contribution in [0, 0.1) is 0 Å². The molecule has 0 heterocycles. The Kier molecular flexibility index (Phi) is 2.83. The van der Waals surface area contributed by atoms with E-state index in [9.17, 15) is 18.0 Å². The first-order chi connectivity index (χ1) is 13.3. The lowest BCUT2D eigenvalue weighted by molar-refractivity contribution is 0.0600. The molecule has 1 rings (SSSR count). The number of urea groups is 1. The van der Waals surface area contributed by atoms with Gasteiger partial charge in [0.15, 0.2) is 0 Å².